The molecule has 0 aliphatic carbocycles. The Balaban J connectivity index is 2.02. The van der Waals surface area contributed by atoms with E-state index in [-0.39, 0.29) is 0 Å². The van der Waals surface area contributed by atoms with Crippen molar-refractivity contribution in [2.45, 2.75) is 6.54 Å². The molecule has 0 saturated heterocycles. The fraction of sp³-hybridized carbons (Fsp3) is 0.100. The number of anilines is 1. The third kappa shape index (κ3) is 2.25. The van der Waals surface area contributed by atoms with Crippen LogP contribution in [0.4, 0.5) is 5.69 Å². The molecule has 0 spiro atoms. The summed E-state index contributed by atoms with van der Waals surface area (Å²) in [5.41, 5.74) is 2.19. The lowest BCUT2D eigenvalue weighted by molar-refractivity contribution is 1.16. The van der Waals surface area contributed by atoms with Gasteiger partial charge in [-0.05, 0) is 28.5 Å². The van der Waals surface area contributed by atoms with E-state index in [1.807, 2.05) is 6.07 Å². The fourth-order valence-electron chi connectivity index (χ4n) is 1.11. The van der Waals surface area contributed by atoms with E-state index in [9.17, 15) is 0 Å². The smallest absolute Gasteiger partial charge is 0.0820 e. The molecule has 2 rings (SSSR count). The second kappa shape index (κ2) is 4.44. The number of rotatable bonds is 3. The summed E-state index contributed by atoms with van der Waals surface area (Å²) in [5.74, 6) is 0. The van der Waals surface area contributed by atoms with Gasteiger partial charge in [0.05, 0.1) is 10.7 Å². The molecule has 0 aromatic carbocycles. The molecule has 2 aromatic heterocycles. The van der Waals surface area contributed by atoms with E-state index in [1.165, 1.54) is 5.56 Å². The second-order valence-corrected chi connectivity index (χ2v) is 4.03. The summed E-state index contributed by atoms with van der Waals surface area (Å²) >= 11 is 7.64. The van der Waals surface area contributed by atoms with Crippen molar-refractivity contribution >= 4 is 28.6 Å². The van der Waals surface area contributed by atoms with E-state index in [2.05, 4.69) is 27.1 Å². The van der Waals surface area contributed by atoms with Gasteiger partial charge in [-0.2, -0.15) is 11.3 Å². The Labute approximate surface area is 91.6 Å². The first-order valence-corrected chi connectivity index (χ1v) is 5.53. The van der Waals surface area contributed by atoms with Gasteiger partial charge in [0.15, 0.2) is 0 Å². The van der Waals surface area contributed by atoms with E-state index < -0.39 is 0 Å². The minimum Gasteiger partial charge on any atom is -0.380 e. The van der Waals surface area contributed by atoms with Crippen LogP contribution in [0.15, 0.2) is 35.3 Å². The minimum atomic E-state index is 0.655. The van der Waals surface area contributed by atoms with Gasteiger partial charge in [-0.25, -0.2) is 0 Å². The van der Waals surface area contributed by atoms with Crippen LogP contribution in [0.1, 0.15) is 5.56 Å². The summed E-state index contributed by atoms with van der Waals surface area (Å²) in [5, 5.41) is 8.08. The maximum Gasteiger partial charge on any atom is 0.0820 e. The largest absolute Gasteiger partial charge is 0.380 e. The normalized spacial score (nSPS) is 10.1. The highest BCUT2D eigenvalue weighted by molar-refractivity contribution is 7.07. The Hall–Kier alpha value is -1.06. The summed E-state index contributed by atoms with van der Waals surface area (Å²) in [6.45, 7) is 0.799. The number of pyridine rings is 1. The van der Waals surface area contributed by atoms with E-state index in [4.69, 9.17) is 11.6 Å². The first-order chi connectivity index (χ1) is 6.86. The summed E-state index contributed by atoms with van der Waals surface area (Å²) in [4.78, 5) is 3.92. The lowest BCUT2D eigenvalue weighted by Gasteiger charge is -2.05. The van der Waals surface area contributed by atoms with Crippen LogP contribution in [0.3, 0.4) is 0 Å². The van der Waals surface area contributed by atoms with Gasteiger partial charge in [0.2, 0.25) is 0 Å². The average Bonchev–Trinajstić information content (AvgIpc) is 2.69. The zero-order valence-electron chi connectivity index (χ0n) is 7.40. The van der Waals surface area contributed by atoms with Crippen LogP contribution in [-0.2, 0) is 6.54 Å². The molecule has 2 aromatic rings. The van der Waals surface area contributed by atoms with Crippen LogP contribution in [-0.4, -0.2) is 4.98 Å². The van der Waals surface area contributed by atoms with Gasteiger partial charge >= 0.3 is 0 Å². The highest BCUT2D eigenvalue weighted by Crippen LogP contribution is 2.20. The Morgan fingerprint density at radius 1 is 1.43 bits per heavy atom. The molecule has 0 aliphatic rings. The maximum atomic E-state index is 5.94. The molecule has 0 radical (unpaired) electrons. The number of aromatic nitrogens is 1. The van der Waals surface area contributed by atoms with Crippen molar-refractivity contribution < 1.29 is 0 Å². The van der Waals surface area contributed by atoms with Gasteiger partial charge in [-0.3, -0.25) is 4.98 Å². The SMILES string of the molecule is Clc1cnccc1NCc1ccsc1. The van der Waals surface area contributed by atoms with Crippen LogP contribution in [0.2, 0.25) is 5.02 Å². The van der Waals surface area contributed by atoms with Gasteiger partial charge in [-0.15, -0.1) is 0 Å². The van der Waals surface area contributed by atoms with Crippen molar-refractivity contribution in [3.05, 3.63) is 45.9 Å². The van der Waals surface area contributed by atoms with Gasteiger partial charge in [0, 0.05) is 18.9 Å². The number of halogens is 1. The number of hydrogen-bond donors (Lipinski definition) is 1. The zero-order chi connectivity index (χ0) is 9.80. The fourth-order valence-corrected chi connectivity index (χ4v) is 1.96. The summed E-state index contributed by atoms with van der Waals surface area (Å²) in [7, 11) is 0. The van der Waals surface area contributed by atoms with Crippen LogP contribution < -0.4 is 5.32 Å². The van der Waals surface area contributed by atoms with Gasteiger partial charge in [-0.1, -0.05) is 11.6 Å². The molecule has 0 amide bonds. The molecule has 14 heavy (non-hydrogen) atoms. The maximum absolute atomic E-state index is 5.94. The number of hydrogen-bond acceptors (Lipinski definition) is 3. The van der Waals surface area contributed by atoms with Crippen LogP contribution in [0, 0.1) is 0 Å². The van der Waals surface area contributed by atoms with E-state index in [1.54, 1.807) is 23.7 Å². The van der Waals surface area contributed by atoms with E-state index in [0.717, 1.165) is 12.2 Å². The average molecular weight is 225 g/mol. The number of thiophene rings is 1. The molecule has 2 heterocycles. The summed E-state index contributed by atoms with van der Waals surface area (Å²) in [6, 6.07) is 3.96. The van der Waals surface area contributed by atoms with Gasteiger partial charge in [0.1, 0.15) is 0 Å². The molecule has 0 fully saturated rings. The van der Waals surface area contributed by atoms with Crippen molar-refractivity contribution in [1.82, 2.24) is 4.98 Å². The predicted molar refractivity (Wildman–Crippen MR) is 60.9 cm³/mol. The highest BCUT2D eigenvalue weighted by Gasteiger charge is 1.98. The molecule has 4 heteroatoms. The lowest BCUT2D eigenvalue weighted by Crippen LogP contribution is -1.98. The summed E-state index contributed by atoms with van der Waals surface area (Å²) in [6.07, 6.45) is 3.36. The van der Waals surface area contributed by atoms with Crippen molar-refractivity contribution in [2.75, 3.05) is 5.32 Å². The predicted octanol–water partition coefficient (Wildman–Crippen LogP) is 3.41. The van der Waals surface area contributed by atoms with Crippen LogP contribution >= 0.6 is 22.9 Å². The quantitative estimate of drug-likeness (QED) is 0.865. The van der Waals surface area contributed by atoms with Crippen molar-refractivity contribution in [3.63, 3.8) is 0 Å². The molecule has 1 N–H and O–H groups in total. The molecule has 0 aliphatic heterocycles. The molecule has 72 valence electrons. The minimum absolute atomic E-state index is 0.655. The molecule has 0 atom stereocenters. The van der Waals surface area contributed by atoms with Crippen molar-refractivity contribution in [3.8, 4) is 0 Å². The van der Waals surface area contributed by atoms with Crippen molar-refractivity contribution in [1.29, 1.82) is 0 Å². The summed E-state index contributed by atoms with van der Waals surface area (Å²) < 4.78 is 0. The standard InChI is InChI=1S/C10H9ClN2S/c11-9-6-12-3-1-10(9)13-5-8-2-4-14-7-8/h1-4,6-7H,5H2,(H,12,13). The number of nitrogens with zero attached hydrogens (tertiary/aromatic N) is 1. The first kappa shape index (κ1) is 9.49. The van der Waals surface area contributed by atoms with E-state index >= 15 is 0 Å². The Morgan fingerprint density at radius 3 is 3.07 bits per heavy atom. The third-order valence-corrected chi connectivity index (χ3v) is 2.87. The van der Waals surface area contributed by atoms with Gasteiger partial charge in [0.25, 0.3) is 0 Å². The second-order valence-electron chi connectivity index (χ2n) is 2.84. The molecule has 2 nitrogen and oxygen atoms in total. The lowest BCUT2D eigenvalue weighted by atomic mass is 10.3. The monoisotopic (exact) mass is 224 g/mol. The molecular formula is C10H9ClN2S. The van der Waals surface area contributed by atoms with Gasteiger partial charge < -0.3 is 5.32 Å². The number of nitrogens with one attached hydrogen (secondary N) is 1. The molecular weight excluding hydrogens is 216 g/mol. The van der Waals surface area contributed by atoms with Crippen LogP contribution in [0.5, 0.6) is 0 Å². The Morgan fingerprint density at radius 2 is 2.36 bits per heavy atom. The van der Waals surface area contributed by atoms with E-state index in [0.29, 0.717) is 5.02 Å². The first-order valence-electron chi connectivity index (χ1n) is 4.21. The third-order valence-electron chi connectivity index (χ3n) is 1.84. The molecule has 0 bridgehead atoms. The molecule has 0 unspecified atom stereocenters. The Bertz CT molecular complexity index is 400. The molecule has 0 saturated carbocycles. The Kier molecular flexibility index (Phi) is 3.01. The highest BCUT2D eigenvalue weighted by atomic mass is 35.5. The van der Waals surface area contributed by atoms with Crippen LogP contribution in [0.25, 0.3) is 0 Å². The zero-order valence-corrected chi connectivity index (χ0v) is 8.98. The topological polar surface area (TPSA) is 24.9 Å². The van der Waals surface area contributed by atoms with Crippen molar-refractivity contribution in [2.24, 2.45) is 0 Å².